The van der Waals surface area contributed by atoms with Crippen molar-refractivity contribution >= 4 is 23.6 Å². The molecule has 0 radical (unpaired) electrons. The van der Waals surface area contributed by atoms with E-state index in [1.807, 2.05) is 60.7 Å². The molecule has 0 N–H and O–H groups in total. The van der Waals surface area contributed by atoms with E-state index in [0.717, 1.165) is 16.9 Å². The Morgan fingerprint density at radius 2 is 1.76 bits per heavy atom. The van der Waals surface area contributed by atoms with E-state index in [4.69, 9.17) is 4.74 Å². The van der Waals surface area contributed by atoms with Crippen LogP contribution in [0, 0.1) is 0 Å². The van der Waals surface area contributed by atoms with Crippen molar-refractivity contribution in [2.24, 2.45) is 0 Å². The minimum absolute atomic E-state index is 0.0436. The number of β-lactam (4-membered cyclic amide) rings is 1. The quantitative estimate of drug-likeness (QED) is 0.611. The molecule has 5 heteroatoms. The summed E-state index contributed by atoms with van der Waals surface area (Å²) in [4.78, 5) is 27.6. The predicted molar refractivity (Wildman–Crippen MR) is 96.0 cm³/mol. The molecule has 2 aromatic rings. The van der Waals surface area contributed by atoms with Crippen molar-refractivity contribution in [2.75, 3.05) is 0 Å². The van der Waals surface area contributed by atoms with Crippen LogP contribution in [0.2, 0.25) is 0 Å². The number of esters is 1. The summed E-state index contributed by atoms with van der Waals surface area (Å²) in [6.45, 7) is 0.242. The van der Waals surface area contributed by atoms with E-state index in [1.165, 1.54) is 0 Å². The number of nitrogens with zero attached hydrogens (tertiary/aromatic N) is 1. The van der Waals surface area contributed by atoms with E-state index < -0.39 is 6.04 Å². The Balaban J connectivity index is 1.47. The average molecular weight is 353 g/mol. The molecule has 2 fully saturated rings. The number of benzene rings is 2. The largest absolute Gasteiger partial charge is 0.459 e. The number of carbonyl (C=O) groups excluding carboxylic acids is 2. The zero-order valence-corrected chi connectivity index (χ0v) is 14.5. The topological polar surface area (TPSA) is 46.6 Å². The van der Waals surface area contributed by atoms with Crippen LogP contribution in [0.5, 0.6) is 0 Å². The third-order valence-corrected chi connectivity index (χ3v) is 6.04. The molecular formula is C20H19NO3S. The maximum absolute atomic E-state index is 12.7. The Labute approximate surface area is 151 Å². The molecule has 0 saturated carbocycles. The van der Waals surface area contributed by atoms with Gasteiger partial charge in [-0.15, -0.1) is 11.8 Å². The smallest absolute Gasteiger partial charge is 0.330 e. The first kappa shape index (κ1) is 16.2. The van der Waals surface area contributed by atoms with Gasteiger partial charge >= 0.3 is 5.97 Å². The molecule has 4 rings (SSSR count). The minimum Gasteiger partial charge on any atom is -0.459 e. The third kappa shape index (κ3) is 3.29. The molecule has 0 bridgehead atoms. The van der Waals surface area contributed by atoms with Gasteiger partial charge in [-0.3, -0.25) is 4.79 Å². The molecule has 4 nitrogen and oxygen atoms in total. The molecule has 0 spiro atoms. The van der Waals surface area contributed by atoms with Crippen molar-refractivity contribution in [1.82, 2.24) is 4.90 Å². The molecule has 1 amide bonds. The second-order valence-corrected chi connectivity index (χ2v) is 7.71. The summed E-state index contributed by atoms with van der Waals surface area (Å²) < 4.78 is 5.53. The Kier molecular flexibility index (Phi) is 4.49. The van der Waals surface area contributed by atoms with Gasteiger partial charge in [0.05, 0.1) is 0 Å². The number of carbonyl (C=O) groups is 2. The van der Waals surface area contributed by atoms with Gasteiger partial charge in [-0.2, -0.15) is 0 Å². The molecule has 0 aromatic heterocycles. The van der Waals surface area contributed by atoms with Gasteiger partial charge in [0.1, 0.15) is 12.6 Å². The second kappa shape index (κ2) is 6.92. The van der Waals surface area contributed by atoms with Crippen LogP contribution in [-0.4, -0.2) is 34.1 Å². The fraction of sp³-hybridized carbons (Fsp3) is 0.300. The number of amides is 1. The van der Waals surface area contributed by atoms with Crippen LogP contribution in [0.1, 0.15) is 18.4 Å². The summed E-state index contributed by atoms with van der Waals surface area (Å²) in [5.41, 5.74) is 0.951. The fourth-order valence-corrected chi connectivity index (χ4v) is 4.87. The molecule has 0 aliphatic carbocycles. The van der Waals surface area contributed by atoms with Gasteiger partial charge in [0.15, 0.2) is 0 Å². The Hall–Kier alpha value is -2.27. The standard InChI is InChI=1S/C20H19NO3S/c22-18-12-15-11-17(25-16-9-5-2-6-10-16)19(21(15)18)20(23)24-13-14-7-3-1-4-8-14/h1-10,15,17,19H,11-13H2/t15?,17?,19-/m0/s1. The van der Waals surface area contributed by atoms with E-state index in [-0.39, 0.29) is 29.8 Å². The van der Waals surface area contributed by atoms with E-state index in [2.05, 4.69) is 0 Å². The van der Waals surface area contributed by atoms with E-state index >= 15 is 0 Å². The summed E-state index contributed by atoms with van der Waals surface area (Å²) >= 11 is 1.66. The van der Waals surface area contributed by atoms with Crippen LogP contribution in [0.3, 0.4) is 0 Å². The summed E-state index contributed by atoms with van der Waals surface area (Å²) in [5.74, 6) is -0.240. The van der Waals surface area contributed by atoms with E-state index in [1.54, 1.807) is 16.7 Å². The maximum Gasteiger partial charge on any atom is 0.330 e. The highest BCUT2D eigenvalue weighted by Gasteiger charge is 2.54. The van der Waals surface area contributed by atoms with Crippen molar-refractivity contribution in [3.05, 3.63) is 66.2 Å². The number of hydrogen-bond donors (Lipinski definition) is 0. The first-order chi connectivity index (χ1) is 12.2. The number of thioether (sulfide) groups is 1. The summed E-state index contributed by atoms with van der Waals surface area (Å²) in [6, 6.07) is 19.3. The lowest BCUT2D eigenvalue weighted by Gasteiger charge is -2.37. The van der Waals surface area contributed by atoms with Crippen molar-refractivity contribution in [1.29, 1.82) is 0 Å². The molecule has 2 aliphatic rings. The van der Waals surface area contributed by atoms with E-state index in [0.29, 0.717) is 6.42 Å². The number of ether oxygens (including phenoxy) is 1. The van der Waals surface area contributed by atoms with Gasteiger partial charge in [0.2, 0.25) is 5.91 Å². The first-order valence-electron chi connectivity index (χ1n) is 8.46. The normalized spacial score (nSPS) is 24.6. The number of rotatable bonds is 5. The molecule has 25 heavy (non-hydrogen) atoms. The Morgan fingerprint density at radius 1 is 1.08 bits per heavy atom. The third-order valence-electron chi connectivity index (χ3n) is 4.74. The van der Waals surface area contributed by atoms with Crippen LogP contribution < -0.4 is 0 Å². The van der Waals surface area contributed by atoms with E-state index in [9.17, 15) is 9.59 Å². The summed E-state index contributed by atoms with van der Waals surface area (Å²) in [7, 11) is 0. The van der Waals surface area contributed by atoms with Crippen molar-refractivity contribution < 1.29 is 14.3 Å². The highest BCUT2D eigenvalue weighted by Crippen LogP contribution is 2.43. The second-order valence-electron chi connectivity index (χ2n) is 6.40. The molecule has 128 valence electrons. The lowest BCUT2D eigenvalue weighted by molar-refractivity contribution is -0.161. The zero-order valence-electron chi connectivity index (χ0n) is 13.7. The highest BCUT2D eigenvalue weighted by molar-refractivity contribution is 8.00. The average Bonchev–Trinajstić information content (AvgIpc) is 2.93. The van der Waals surface area contributed by atoms with Gasteiger partial charge in [-0.05, 0) is 24.1 Å². The van der Waals surface area contributed by atoms with Crippen LogP contribution in [0.25, 0.3) is 0 Å². The summed E-state index contributed by atoms with van der Waals surface area (Å²) in [6.07, 6.45) is 1.39. The Morgan fingerprint density at radius 3 is 2.44 bits per heavy atom. The SMILES string of the molecule is O=C(OCc1ccccc1)[C@@H]1C(Sc2ccccc2)CC2CC(=O)N21. The lowest BCUT2D eigenvalue weighted by Crippen LogP contribution is -2.55. The van der Waals surface area contributed by atoms with Crippen LogP contribution in [0.15, 0.2) is 65.6 Å². The number of fused-ring (bicyclic) bond motifs is 1. The van der Waals surface area contributed by atoms with Crippen molar-refractivity contribution in [3.63, 3.8) is 0 Å². The lowest BCUT2D eigenvalue weighted by atomic mass is 10.0. The molecule has 2 unspecified atom stereocenters. The number of hydrogen-bond acceptors (Lipinski definition) is 4. The van der Waals surface area contributed by atoms with Gasteiger partial charge < -0.3 is 9.64 Å². The van der Waals surface area contributed by atoms with Gasteiger partial charge in [-0.25, -0.2) is 4.79 Å². The molecule has 2 aromatic carbocycles. The molecule has 2 heterocycles. The fourth-order valence-electron chi connectivity index (χ4n) is 3.52. The maximum atomic E-state index is 12.7. The summed E-state index contributed by atoms with van der Waals surface area (Å²) in [5, 5.41) is 0.0436. The minimum atomic E-state index is -0.486. The van der Waals surface area contributed by atoms with Crippen LogP contribution >= 0.6 is 11.8 Å². The predicted octanol–water partition coefficient (Wildman–Crippen LogP) is 3.26. The van der Waals surface area contributed by atoms with Crippen molar-refractivity contribution in [3.8, 4) is 0 Å². The Bertz CT molecular complexity index is 765. The molecule has 3 atom stereocenters. The first-order valence-corrected chi connectivity index (χ1v) is 9.34. The molecule has 2 aliphatic heterocycles. The van der Waals surface area contributed by atoms with Gasteiger partial charge in [0, 0.05) is 22.6 Å². The molecular weight excluding hydrogens is 334 g/mol. The van der Waals surface area contributed by atoms with Crippen molar-refractivity contribution in [2.45, 2.75) is 41.7 Å². The monoisotopic (exact) mass is 353 g/mol. The molecule has 2 saturated heterocycles. The van der Waals surface area contributed by atoms with Crippen LogP contribution in [-0.2, 0) is 20.9 Å². The van der Waals surface area contributed by atoms with Gasteiger partial charge in [-0.1, -0.05) is 48.5 Å². The van der Waals surface area contributed by atoms with Gasteiger partial charge in [0.25, 0.3) is 0 Å². The van der Waals surface area contributed by atoms with Crippen LogP contribution in [0.4, 0.5) is 0 Å². The zero-order chi connectivity index (χ0) is 17.2. The highest BCUT2D eigenvalue weighted by atomic mass is 32.2.